The van der Waals surface area contributed by atoms with Gasteiger partial charge in [0, 0.05) is 12.5 Å². The summed E-state index contributed by atoms with van der Waals surface area (Å²) in [5.74, 6) is -1.53. The number of carbonyl (C=O) groups is 3. The lowest BCUT2D eigenvalue weighted by atomic mass is 9.93. The SMILES string of the molecule is COc1cccc(C2C(=C(O)c3cc(C)ccc3C)C(=O)C(=O)N2c2nc(C)c(C(C)=O)s2)c1. The van der Waals surface area contributed by atoms with Crippen molar-refractivity contribution in [1.29, 1.82) is 0 Å². The molecule has 1 fully saturated rings. The Hall–Kier alpha value is -3.78. The molecule has 3 aromatic rings. The summed E-state index contributed by atoms with van der Waals surface area (Å²) in [4.78, 5) is 44.8. The number of aryl methyl sites for hydroxylation is 3. The zero-order chi connectivity index (χ0) is 24.7. The van der Waals surface area contributed by atoms with Crippen molar-refractivity contribution in [1.82, 2.24) is 4.98 Å². The third kappa shape index (κ3) is 3.90. The molecule has 1 saturated heterocycles. The summed E-state index contributed by atoms with van der Waals surface area (Å²) in [5, 5.41) is 11.6. The number of rotatable bonds is 5. The molecule has 1 atom stereocenters. The number of anilines is 1. The largest absolute Gasteiger partial charge is 0.507 e. The minimum absolute atomic E-state index is 0.0378. The fourth-order valence-corrected chi connectivity index (χ4v) is 5.09. The van der Waals surface area contributed by atoms with Crippen LogP contribution in [0.15, 0.2) is 48.0 Å². The fourth-order valence-electron chi connectivity index (χ4n) is 4.10. The van der Waals surface area contributed by atoms with Gasteiger partial charge in [-0.15, -0.1) is 0 Å². The number of aliphatic hydroxyl groups excluding tert-OH is 1. The molecule has 1 amide bonds. The van der Waals surface area contributed by atoms with Gasteiger partial charge in [0.05, 0.1) is 29.3 Å². The van der Waals surface area contributed by atoms with Crippen molar-refractivity contribution in [3.05, 3.63) is 80.9 Å². The Balaban J connectivity index is 2.00. The number of ether oxygens (including phenoxy) is 1. The van der Waals surface area contributed by atoms with E-state index in [1.54, 1.807) is 37.3 Å². The number of ketones is 2. The van der Waals surface area contributed by atoms with Crippen molar-refractivity contribution in [2.24, 2.45) is 0 Å². The first-order valence-corrected chi connectivity index (χ1v) is 11.5. The van der Waals surface area contributed by atoms with Crippen LogP contribution in [0.3, 0.4) is 0 Å². The third-order valence-electron chi connectivity index (χ3n) is 5.81. The molecule has 1 unspecified atom stereocenters. The normalized spacial score (nSPS) is 17.3. The van der Waals surface area contributed by atoms with Crippen LogP contribution in [0.25, 0.3) is 5.76 Å². The first-order valence-electron chi connectivity index (χ1n) is 10.6. The number of hydrogen-bond donors (Lipinski definition) is 1. The predicted molar refractivity (Wildman–Crippen MR) is 131 cm³/mol. The second-order valence-corrected chi connectivity index (χ2v) is 9.21. The van der Waals surface area contributed by atoms with Crippen molar-refractivity contribution in [2.75, 3.05) is 12.0 Å². The molecule has 4 rings (SSSR count). The highest BCUT2D eigenvalue weighted by Crippen LogP contribution is 2.44. The minimum atomic E-state index is -0.944. The van der Waals surface area contributed by atoms with Gasteiger partial charge in [0.25, 0.3) is 5.78 Å². The number of methoxy groups -OCH3 is 1. The molecule has 34 heavy (non-hydrogen) atoms. The molecular weight excluding hydrogens is 452 g/mol. The van der Waals surface area contributed by atoms with E-state index in [-0.39, 0.29) is 22.2 Å². The fraction of sp³-hybridized carbons (Fsp3) is 0.231. The molecule has 8 heteroatoms. The Bertz CT molecular complexity index is 1370. The molecule has 1 N–H and O–H groups in total. The molecule has 7 nitrogen and oxygen atoms in total. The Labute approximate surface area is 201 Å². The first kappa shape index (κ1) is 23.4. The lowest BCUT2D eigenvalue weighted by molar-refractivity contribution is -0.132. The Morgan fingerprint density at radius 2 is 1.85 bits per heavy atom. The number of carbonyl (C=O) groups excluding carboxylic acids is 3. The van der Waals surface area contributed by atoms with E-state index in [0.29, 0.717) is 27.4 Å². The maximum atomic E-state index is 13.3. The van der Waals surface area contributed by atoms with E-state index in [9.17, 15) is 19.5 Å². The minimum Gasteiger partial charge on any atom is -0.507 e. The van der Waals surface area contributed by atoms with Gasteiger partial charge in [-0.3, -0.25) is 19.3 Å². The summed E-state index contributed by atoms with van der Waals surface area (Å²) >= 11 is 1.05. The molecule has 0 saturated carbocycles. The van der Waals surface area contributed by atoms with Crippen LogP contribution < -0.4 is 9.64 Å². The molecule has 2 aromatic carbocycles. The highest BCUT2D eigenvalue weighted by atomic mass is 32.1. The molecule has 0 aliphatic carbocycles. The average molecular weight is 477 g/mol. The van der Waals surface area contributed by atoms with E-state index in [2.05, 4.69) is 4.98 Å². The van der Waals surface area contributed by atoms with Crippen LogP contribution in [0.5, 0.6) is 5.75 Å². The van der Waals surface area contributed by atoms with Crippen LogP contribution in [-0.2, 0) is 9.59 Å². The smallest absolute Gasteiger partial charge is 0.301 e. The lowest BCUT2D eigenvalue weighted by Crippen LogP contribution is -2.29. The van der Waals surface area contributed by atoms with E-state index in [1.807, 2.05) is 26.0 Å². The van der Waals surface area contributed by atoms with Gasteiger partial charge in [-0.2, -0.15) is 0 Å². The van der Waals surface area contributed by atoms with Gasteiger partial charge in [0.1, 0.15) is 11.5 Å². The molecule has 174 valence electrons. The molecule has 0 spiro atoms. The van der Waals surface area contributed by atoms with Crippen LogP contribution in [0, 0.1) is 20.8 Å². The van der Waals surface area contributed by atoms with Crippen molar-refractivity contribution in [2.45, 2.75) is 33.7 Å². The Morgan fingerprint density at radius 1 is 1.12 bits per heavy atom. The van der Waals surface area contributed by atoms with Gasteiger partial charge in [-0.25, -0.2) is 4.98 Å². The monoisotopic (exact) mass is 476 g/mol. The van der Waals surface area contributed by atoms with Crippen molar-refractivity contribution >= 4 is 39.7 Å². The average Bonchev–Trinajstić information content (AvgIpc) is 3.32. The predicted octanol–water partition coefficient (Wildman–Crippen LogP) is 4.91. The zero-order valence-corrected chi connectivity index (χ0v) is 20.3. The maximum Gasteiger partial charge on any atom is 0.301 e. The molecule has 0 bridgehead atoms. The number of nitrogens with zero attached hydrogens (tertiary/aromatic N) is 2. The number of aliphatic hydroxyl groups is 1. The molecule has 0 radical (unpaired) electrons. The van der Waals surface area contributed by atoms with Gasteiger partial charge in [-0.05, 0) is 50.1 Å². The van der Waals surface area contributed by atoms with Crippen molar-refractivity contribution < 1.29 is 24.2 Å². The quantitative estimate of drug-likeness (QED) is 0.243. The number of thiazole rings is 1. The second-order valence-electron chi connectivity index (χ2n) is 8.23. The Morgan fingerprint density at radius 3 is 2.50 bits per heavy atom. The number of amides is 1. The van der Waals surface area contributed by atoms with E-state index in [0.717, 1.165) is 22.5 Å². The maximum absolute atomic E-state index is 13.3. The van der Waals surface area contributed by atoms with Crippen molar-refractivity contribution in [3.63, 3.8) is 0 Å². The lowest BCUT2D eigenvalue weighted by Gasteiger charge is -2.23. The summed E-state index contributed by atoms with van der Waals surface area (Å²) in [6.07, 6.45) is 0. The van der Waals surface area contributed by atoms with Crippen molar-refractivity contribution in [3.8, 4) is 5.75 Å². The summed E-state index contributed by atoms with van der Waals surface area (Å²) in [6.45, 7) is 6.83. The summed E-state index contributed by atoms with van der Waals surface area (Å²) in [7, 11) is 1.52. The summed E-state index contributed by atoms with van der Waals surface area (Å²) < 4.78 is 5.35. The number of Topliss-reactive ketones (excluding diaryl/α,β-unsaturated/α-hetero) is 2. The molecule has 1 aliphatic heterocycles. The first-order chi connectivity index (χ1) is 16.1. The van der Waals surface area contributed by atoms with Crippen LogP contribution in [0.4, 0.5) is 5.13 Å². The second kappa shape index (κ2) is 8.87. The highest BCUT2D eigenvalue weighted by molar-refractivity contribution is 7.18. The Kier molecular flexibility index (Phi) is 6.10. The van der Waals surface area contributed by atoms with Gasteiger partial charge in [0.2, 0.25) is 0 Å². The van der Waals surface area contributed by atoms with Crippen LogP contribution in [0.1, 0.15) is 50.6 Å². The number of benzene rings is 2. The standard InChI is InChI=1S/C26H24N2O5S/c1-13-9-10-14(2)19(11-13)22(30)20-21(17-7-6-8-18(12-17)33-5)28(25(32)23(20)31)26-27-15(3)24(34-26)16(4)29/h6-12,21,30H,1-5H3. The molecule has 1 aliphatic rings. The summed E-state index contributed by atoms with van der Waals surface area (Å²) in [6, 6.07) is 11.6. The van der Waals surface area contributed by atoms with E-state index >= 15 is 0 Å². The van der Waals surface area contributed by atoms with Gasteiger partial charge >= 0.3 is 5.91 Å². The van der Waals surface area contributed by atoms with Crippen LogP contribution in [0.2, 0.25) is 0 Å². The van der Waals surface area contributed by atoms with Crippen LogP contribution in [-0.4, -0.2) is 34.7 Å². The van der Waals surface area contributed by atoms with E-state index in [4.69, 9.17) is 4.74 Å². The number of hydrogen-bond acceptors (Lipinski definition) is 7. The summed E-state index contributed by atoms with van der Waals surface area (Å²) in [5.41, 5.74) is 3.16. The van der Waals surface area contributed by atoms with E-state index < -0.39 is 17.7 Å². The number of aromatic nitrogens is 1. The highest BCUT2D eigenvalue weighted by Gasteiger charge is 2.48. The molecule has 1 aromatic heterocycles. The third-order valence-corrected chi connectivity index (χ3v) is 7.07. The van der Waals surface area contributed by atoms with Crippen LogP contribution >= 0.6 is 11.3 Å². The molecular formula is C26H24N2O5S. The van der Waals surface area contributed by atoms with Gasteiger partial charge in [0.15, 0.2) is 10.9 Å². The van der Waals surface area contributed by atoms with Gasteiger partial charge < -0.3 is 9.84 Å². The molecule has 2 heterocycles. The zero-order valence-electron chi connectivity index (χ0n) is 19.5. The van der Waals surface area contributed by atoms with Gasteiger partial charge in [-0.1, -0.05) is 41.2 Å². The topological polar surface area (TPSA) is 96.8 Å². The van der Waals surface area contributed by atoms with E-state index in [1.165, 1.54) is 18.9 Å².